The Labute approximate surface area is 217 Å². The molecule has 4 aromatic rings. The van der Waals surface area contributed by atoms with E-state index in [0.717, 1.165) is 89.0 Å². The second kappa shape index (κ2) is 11.1. The van der Waals surface area contributed by atoms with Gasteiger partial charge >= 0.3 is 0 Å². The number of H-pyrrole nitrogens is 1. The third-order valence-corrected chi connectivity index (χ3v) is 7.57. The van der Waals surface area contributed by atoms with E-state index in [2.05, 4.69) is 73.2 Å². The first-order valence-electron chi connectivity index (χ1n) is 13.3. The Morgan fingerprint density at radius 1 is 0.730 bits per heavy atom. The van der Waals surface area contributed by atoms with Crippen LogP contribution in [0.2, 0.25) is 0 Å². The van der Waals surface area contributed by atoms with E-state index in [1.165, 1.54) is 28.8 Å². The monoisotopic (exact) mass is 499 g/mol. The average molecular weight is 500 g/mol. The van der Waals surface area contributed by atoms with Gasteiger partial charge in [0.1, 0.15) is 11.6 Å². The Hall–Kier alpha value is -3.10. The predicted octanol–water partition coefficient (Wildman–Crippen LogP) is 4.49. The summed E-state index contributed by atoms with van der Waals surface area (Å²) in [4.78, 5) is 15.5. The Balaban J connectivity index is 1.05. The van der Waals surface area contributed by atoms with E-state index in [1.54, 1.807) is 6.07 Å². The molecule has 2 fully saturated rings. The molecular weight excluding hydrogens is 465 g/mol. The summed E-state index contributed by atoms with van der Waals surface area (Å²) >= 11 is 0. The summed E-state index contributed by atoms with van der Waals surface area (Å²) in [7, 11) is 0. The largest absolute Gasteiger partial charge is 0.379 e. The molecule has 0 saturated carbocycles. The minimum atomic E-state index is -0.261. The van der Waals surface area contributed by atoms with Gasteiger partial charge < -0.3 is 9.72 Å². The second-order valence-corrected chi connectivity index (χ2v) is 10.1. The molecule has 0 radical (unpaired) electrons. The van der Waals surface area contributed by atoms with E-state index in [4.69, 9.17) is 4.74 Å². The fourth-order valence-corrected chi connectivity index (χ4v) is 5.33. The van der Waals surface area contributed by atoms with E-state index in [-0.39, 0.29) is 5.82 Å². The lowest BCUT2D eigenvalue weighted by molar-refractivity contribution is 0.0297. The minimum Gasteiger partial charge on any atom is -0.379 e. The number of benzene rings is 3. The lowest BCUT2D eigenvalue weighted by atomic mass is 10.0. The number of hydrogen-bond acceptors (Lipinski definition) is 5. The molecule has 2 aliphatic rings. The lowest BCUT2D eigenvalue weighted by Crippen LogP contribution is -2.49. The van der Waals surface area contributed by atoms with Gasteiger partial charge in [0.25, 0.3) is 0 Å². The van der Waals surface area contributed by atoms with Crippen molar-refractivity contribution in [2.75, 3.05) is 65.6 Å². The third-order valence-electron chi connectivity index (χ3n) is 7.57. The maximum absolute atomic E-state index is 13.5. The fraction of sp³-hybridized carbons (Fsp3) is 0.367. The molecule has 0 amide bonds. The van der Waals surface area contributed by atoms with Crippen LogP contribution in [0.3, 0.4) is 0 Å². The normalized spacial score (nSPS) is 18.0. The van der Waals surface area contributed by atoms with Crippen molar-refractivity contribution in [1.29, 1.82) is 0 Å². The highest BCUT2D eigenvalue weighted by Crippen LogP contribution is 2.26. The Morgan fingerprint density at radius 2 is 1.43 bits per heavy atom. The molecule has 3 aromatic carbocycles. The Bertz CT molecular complexity index is 1320. The number of hydrogen-bond donors (Lipinski definition) is 1. The van der Waals surface area contributed by atoms with Crippen molar-refractivity contribution in [3.63, 3.8) is 0 Å². The fourth-order valence-electron chi connectivity index (χ4n) is 5.33. The van der Waals surface area contributed by atoms with Crippen molar-refractivity contribution in [3.8, 4) is 22.5 Å². The summed E-state index contributed by atoms with van der Waals surface area (Å²) in [6, 6.07) is 21.9. The van der Waals surface area contributed by atoms with Crippen molar-refractivity contribution in [2.45, 2.75) is 6.54 Å². The summed E-state index contributed by atoms with van der Waals surface area (Å²) in [5.74, 6) is 0.494. The van der Waals surface area contributed by atoms with Gasteiger partial charge in [0.15, 0.2) is 0 Å². The van der Waals surface area contributed by atoms with Crippen LogP contribution >= 0.6 is 0 Å². The molecule has 37 heavy (non-hydrogen) atoms. The Morgan fingerprint density at radius 3 is 2.22 bits per heavy atom. The van der Waals surface area contributed by atoms with Crippen molar-refractivity contribution in [3.05, 3.63) is 78.1 Å². The molecule has 0 atom stereocenters. The van der Waals surface area contributed by atoms with Gasteiger partial charge in [-0.1, -0.05) is 42.5 Å². The number of halogens is 1. The number of imidazole rings is 1. The maximum Gasteiger partial charge on any atom is 0.138 e. The van der Waals surface area contributed by atoms with Gasteiger partial charge in [-0.2, -0.15) is 0 Å². The molecule has 0 bridgehead atoms. The maximum atomic E-state index is 13.5. The van der Waals surface area contributed by atoms with Crippen molar-refractivity contribution >= 4 is 11.0 Å². The smallest absolute Gasteiger partial charge is 0.138 e. The molecule has 6 nitrogen and oxygen atoms in total. The van der Waals surface area contributed by atoms with Gasteiger partial charge in [0.2, 0.25) is 0 Å². The zero-order chi connectivity index (χ0) is 25.0. The van der Waals surface area contributed by atoms with Crippen molar-refractivity contribution in [2.24, 2.45) is 0 Å². The highest BCUT2D eigenvalue weighted by atomic mass is 19.1. The number of rotatable bonds is 7. The van der Waals surface area contributed by atoms with Gasteiger partial charge in [-0.15, -0.1) is 0 Å². The standard InChI is InChI=1S/C30H34FN5O/c31-27-8-9-28-29(21-27)33-30(32-28)25-6-4-24(5-7-25)26-3-1-2-23(20-26)22-36-14-12-34(13-15-36)10-11-35-16-18-37-19-17-35/h1-9,20-21H,10-19,22H2,(H,32,33). The quantitative estimate of drug-likeness (QED) is 0.406. The summed E-state index contributed by atoms with van der Waals surface area (Å²) < 4.78 is 19.0. The molecule has 6 rings (SSSR count). The molecule has 0 spiro atoms. The predicted molar refractivity (Wildman–Crippen MR) is 146 cm³/mol. The molecule has 7 heteroatoms. The van der Waals surface area contributed by atoms with Crippen LogP contribution in [0.1, 0.15) is 5.56 Å². The summed E-state index contributed by atoms with van der Waals surface area (Å²) in [6.45, 7) is 11.7. The van der Waals surface area contributed by atoms with Crippen LogP contribution in [-0.2, 0) is 11.3 Å². The number of ether oxygens (including phenoxy) is 1. The van der Waals surface area contributed by atoms with Crippen LogP contribution < -0.4 is 0 Å². The van der Waals surface area contributed by atoms with Crippen molar-refractivity contribution in [1.82, 2.24) is 24.7 Å². The zero-order valence-electron chi connectivity index (χ0n) is 21.2. The molecule has 2 saturated heterocycles. The van der Waals surface area contributed by atoms with Crippen LogP contribution in [0, 0.1) is 5.82 Å². The van der Waals surface area contributed by atoms with Gasteiger partial charge in [0.05, 0.1) is 24.2 Å². The van der Waals surface area contributed by atoms with Gasteiger partial charge in [-0.25, -0.2) is 9.37 Å². The first-order valence-corrected chi connectivity index (χ1v) is 13.3. The van der Waals surface area contributed by atoms with Gasteiger partial charge in [-0.3, -0.25) is 14.7 Å². The number of fused-ring (bicyclic) bond motifs is 1. The number of aromatic nitrogens is 2. The van der Waals surface area contributed by atoms with Gasteiger partial charge in [-0.05, 0) is 41.0 Å². The summed E-state index contributed by atoms with van der Waals surface area (Å²) in [6.07, 6.45) is 0. The minimum absolute atomic E-state index is 0.261. The van der Waals surface area contributed by atoms with E-state index in [9.17, 15) is 4.39 Å². The highest BCUT2D eigenvalue weighted by Gasteiger charge is 2.18. The molecule has 0 unspecified atom stereocenters. The summed E-state index contributed by atoms with van der Waals surface area (Å²) in [5, 5.41) is 0. The van der Waals surface area contributed by atoms with Crippen LogP contribution in [-0.4, -0.2) is 90.2 Å². The van der Waals surface area contributed by atoms with Crippen LogP contribution in [0.25, 0.3) is 33.5 Å². The lowest BCUT2D eigenvalue weighted by Gasteiger charge is -2.36. The first kappa shape index (κ1) is 24.2. The first-order chi connectivity index (χ1) is 18.2. The van der Waals surface area contributed by atoms with Crippen molar-refractivity contribution < 1.29 is 9.13 Å². The molecule has 0 aliphatic carbocycles. The van der Waals surface area contributed by atoms with E-state index in [1.807, 2.05) is 0 Å². The molecule has 192 valence electrons. The number of morpholine rings is 1. The summed E-state index contributed by atoms with van der Waals surface area (Å²) in [5.41, 5.74) is 6.22. The van der Waals surface area contributed by atoms with Crippen LogP contribution in [0.15, 0.2) is 66.7 Å². The number of piperazine rings is 1. The SMILES string of the molecule is Fc1ccc2nc(-c3ccc(-c4cccc(CN5CCN(CCN6CCOCC6)CC5)c4)cc3)[nH]c2c1. The molecule has 3 heterocycles. The highest BCUT2D eigenvalue weighted by molar-refractivity contribution is 5.80. The number of nitrogens with one attached hydrogen (secondary N) is 1. The third kappa shape index (κ3) is 5.91. The number of aromatic amines is 1. The van der Waals surface area contributed by atoms with E-state index < -0.39 is 0 Å². The number of nitrogens with zero attached hydrogens (tertiary/aromatic N) is 4. The van der Waals surface area contributed by atoms with E-state index >= 15 is 0 Å². The Kier molecular flexibility index (Phi) is 7.28. The second-order valence-electron chi connectivity index (χ2n) is 10.1. The topological polar surface area (TPSA) is 47.6 Å². The molecular formula is C30H34FN5O. The van der Waals surface area contributed by atoms with Crippen LogP contribution in [0.5, 0.6) is 0 Å². The molecule has 2 aliphatic heterocycles. The molecule has 1 aromatic heterocycles. The van der Waals surface area contributed by atoms with Crippen LogP contribution in [0.4, 0.5) is 4.39 Å². The van der Waals surface area contributed by atoms with Gasteiger partial charge in [0, 0.05) is 64.5 Å². The molecule has 1 N–H and O–H groups in total. The zero-order valence-corrected chi connectivity index (χ0v) is 21.2. The average Bonchev–Trinajstić information content (AvgIpc) is 3.37. The van der Waals surface area contributed by atoms with E-state index in [0.29, 0.717) is 5.52 Å².